The van der Waals surface area contributed by atoms with Crippen LogP contribution in [0.5, 0.6) is 0 Å². The Labute approximate surface area is 197 Å². The first-order valence-electron chi connectivity index (χ1n) is 13.7. The summed E-state index contributed by atoms with van der Waals surface area (Å²) in [6, 6.07) is 0. The minimum Gasteiger partial charge on any atom is -0.390 e. The monoisotopic (exact) mass is 442 g/mol. The highest BCUT2D eigenvalue weighted by Gasteiger charge is 2.68. The maximum absolute atomic E-state index is 11.0. The lowest BCUT2D eigenvalue weighted by Crippen LogP contribution is -2.66. The second-order valence-electron chi connectivity index (χ2n) is 15.3. The molecule has 182 valence electrons. The van der Waals surface area contributed by atoms with Crippen molar-refractivity contribution in [1.29, 1.82) is 0 Å². The first kappa shape index (κ1) is 23.4. The first-order valence-corrected chi connectivity index (χ1v) is 13.7. The number of aliphatic hydroxyl groups excluding tert-OH is 2. The normalized spacial score (nSPS) is 54.2. The standard InChI is InChI=1S/C30H50O2/c1-25(2)13-14-27(5)15-16-29(7)19(20(27)17-25)9-10-23-28(6)18-21(31)24(32)26(3,4)22(28)11-12-30(23,29)8/h21-24,31-32H,9-18H2,1-8H3/t21-,22?,23+,24-,27+,28-,29+,30+/m0/s1. The van der Waals surface area contributed by atoms with E-state index in [0.29, 0.717) is 28.1 Å². The Kier molecular flexibility index (Phi) is 4.87. The van der Waals surface area contributed by atoms with Gasteiger partial charge in [-0.1, -0.05) is 66.5 Å². The molecule has 2 heteroatoms. The summed E-state index contributed by atoms with van der Waals surface area (Å²) in [5.41, 5.74) is 5.06. The predicted octanol–water partition coefficient (Wildman–Crippen LogP) is 7.28. The number of hydrogen-bond acceptors (Lipinski definition) is 2. The molecule has 0 bridgehead atoms. The third-order valence-electron chi connectivity index (χ3n) is 12.9. The summed E-state index contributed by atoms with van der Waals surface area (Å²) in [5.74, 6) is 1.12. The van der Waals surface area contributed by atoms with E-state index in [9.17, 15) is 10.2 Å². The van der Waals surface area contributed by atoms with Crippen LogP contribution in [0, 0.1) is 44.3 Å². The largest absolute Gasteiger partial charge is 0.390 e. The molecule has 0 saturated heterocycles. The number of hydrogen-bond donors (Lipinski definition) is 2. The molecule has 8 atom stereocenters. The summed E-state index contributed by atoms with van der Waals surface area (Å²) in [5, 5.41) is 21.9. The molecule has 0 aliphatic heterocycles. The fraction of sp³-hybridized carbons (Fsp3) is 0.933. The van der Waals surface area contributed by atoms with Crippen molar-refractivity contribution < 1.29 is 10.2 Å². The number of fused-ring (bicyclic) bond motifs is 6. The Morgan fingerprint density at radius 2 is 1.38 bits per heavy atom. The Morgan fingerprint density at radius 3 is 2.06 bits per heavy atom. The summed E-state index contributed by atoms with van der Waals surface area (Å²) in [4.78, 5) is 0. The van der Waals surface area contributed by atoms with Gasteiger partial charge in [0.15, 0.2) is 0 Å². The van der Waals surface area contributed by atoms with Gasteiger partial charge < -0.3 is 10.2 Å². The minimum absolute atomic E-state index is 0.112. The second-order valence-corrected chi connectivity index (χ2v) is 15.3. The highest BCUT2D eigenvalue weighted by atomic mass is 16.3. The van der Waals surface area contributed by atoms with Crippen LogP contribution in [0.25, 0.3) is 0 Å². The molecule has 0 aromatic rings. The minimum atomic E-state index is -0.596. The Bertz CT molecular complexity index is 838. The maximum Gasteiger partial charge on any atom is 0.0852 e. The van der Waals surface area contributed by atoms with Gasteiger partial charge in [0.2, 0.25) is 0 Å². The van der Waals surface area contributed by atoms with E-state index in [-0.39, 0.29) is 16.2 Å². The highest BCUT2D eigenvalue weighted by Crippen LogP contribution is 2.75. The molecule has 5 rings (SSSR count). The molecule has 4 saturated carbocycles. The lowest BCUT2D eigenvalue weighted by Gasteiger charge is -2.71. The van der Waals surface area contributed by atoms with Gasteiger partial charge in [0.25, 0.3) is 0 Å². The van der Waals surface area contributed by atoms with Crippen LogP contribution in [0.2, 0.25) is 0 Å². The van der Waals surface area contributed by atoms with E-state index in [0.717, 1.165) is 6.42 Å². The number of rotatable bonds is 0. The van der Waals surface area contributed by atoms with Crippen LogP contribution in [0.15, 0.2) is 11.1 Å². The average Bonchev–Trinajstić information content (AvgIpc) is 2.68. The highest BCUT2D eigenvalue weighted by molar-refractivity contribution is 5.38. The van der Waals surface area contributed by atoms with Crippen molar-refractivity contribution in [2.24, 2.45) is 44.3 Å². The van der Waals surface area contributed by atoms with Crippen molar-refractivity contribution in [3.8, 4) is 0 Å². The Morgan fingerprint density at radius 1 is 0.719 bits per heavy atom. The van der Waals surface area contributed by atoms with Crippen molar-refractivity contribution in [2.45, 2.75) is 132 Å². The van der Waals surface area contributed by atoms with Crippen LogP contribution in [0.3, 0.4) is 0 Å². The summed E-state index contributed by atoms with van der Waals surface area (Å²) < 4.78 is 0. The van der Waals surface area contributed by atoms with Crippen LogP contribution in [-0.2, 0) is 0 Å². The van der Waals surface area contributed by atoms with Crippen molar-refractivity contribution in [3.05, 3.63) is 11.1 Å². The molecule has 2 N–H and O–H groups in total. The van der Waals surface area contributed by atoms with Crippen LogP contribution >= 0.6 is 0 Å². The van der Waals surface area contributed by atoms with E-state index >= 15 is 0 Å². The fourth-order valence-electron chi connectivity index (χ4n) is 10.6. The molecule has 0 aromatic heterocycles. The Hall–Kier alpha value is -0.340. The molecule has 5 aliphatic rings. The van der Waals surface area contributed by atoms with Crippen LogP contribution in [0.1, 0.15) is 120 Å². The lowest BCUT2D eigenvalue weighted by atomic mass is 9.34. The second kappa shape index (κ2) is 6.66. The summed E-state index contributed by atoms with van der Waals surface area (Å²) >= 11 is 0. The van der Waals surface area contributed by atoms with Crippen molar-refractivity contribution in [1.82, 2.24) is 0 Å². The molecule has 4 fully saturated rings. The fourth-order valence-corrected chi connectivity index (χ4v) is 10.6. The van der Waals surface area contributed by atoms with E-state index in [1.807, 2.05) is 11.1 Å². The van der Waals surface area contributed by atoms with Crippen molar-refractivity contribution in [2.75, 3.05) is 0 Å². The summed E-state index contributed by atoms with van der Waals surface area (Å²) in [6.45, 7) is 19.8. The van der Waals surface area contributed by atoms with Crippen molar-refractivity contribution in [3.63, 3.8) is 0 Å². The molecule has 0 aromatic carbocycles. The van der Waals surface area contributed by atoms with Gasteiger partial charge in [-0.25, -0.2) is 0 Å². The van der Waals surface area contributed by atoms with Gasteiger partial charge >= 0.3 is 0 Å². The van der Waals surface area contributed by atoms with E-state index in [1.54, 1.807) is 0 Å². The van der Waals surface area contributed by atoms with E-state index in [4.69, 9.17) is 0 Å². The molecule has 0 amide bonds. The third kappa shape index (κ3) is 2.78. The smallest absolute Gasteiger partial charge is 0.0852 e. The van der Waals surface area contributed by atoms with Gasteiger partial charge in [-0.15, -0.1) is 0 Å². The summed E-state index contributed by atoms with van der Waals surface area (Å²) in [6.07, 6.45) is 11.3. The molecule has 0 heterocycles. The molecular weight excluding hydrogens is 392 g/mol. The maximum atomic E-state index is 11.0. The molecular formula is C30H50O2. The van der Waals surface area contributed by atoms with Gasteiger partial charge in [0, 0.05) is 0 Å². The summed E-state index contributed by atoms with van der Waals surface area (Å²) in [7, 11) is 0. The van der Waals surface area contributed by atoms with Crippen LogP contribution in [-0.4, -0.2) is 22.4 Å². The van der Waals surface area contributed by atoms with E-state index < -0.39 is 12.2 Å². The van der Waals surface area contributed by atoms with E-state index in [1.165, 1.54) is 57.8 Å². The Balaban J connectivity index is 1.60. The number of allylic oxidation sites excluding steroid dienone is 2. The molecule has 0 spiro atoms. The van der Waals surface area contributed by atoms with Crippen LogP contribution in [0.4, 0.5) is 0 Å². The molecule has 32 heavy (non-hydrogen) atoms. The molecule has 2 nitrogen and oxygen atoms in total. The van der Waals surface area contributed by atoms with Gasteiger partial charge in [0.1, 0.15) is 0 Å². The topological polar surface area (TPSA) is 40.5 Å². The zero-order valence-electron chi connectivity index (χ0n) is 22.3. The first-order chi connectivity index (χ1) is 14.6. The van der Waals surface area contributed by atoms with Gasteiger partial charge in [-0.2, -0.15) is 0 Å². The molecule has 1 unspecified atom stereocenters. The van der Waals surface area contributed by atoms with Gasteiger partial charge in [-0.05, 0) is 109 Å². The van der Waals surface area contributed by atoms with Gasteiger partial charge in [0.05, 0.1) is 12.2 Å². The van der Waals surface area contributed by atoms with Crippen LogP contribution < -0.4 is 0 Å². The predicted molar refractivity (Wildman–Crippen MR) is 132 cm³/mol. The number of aliphatic hydroxyl groups is 2. The third-order valence-corrected chi connectivity index (χ3v) is 12.9. The van der Waals surface area contributed by atoms with E-state index in [2.05, 4.69) is 55.4 Å². The quantitative estimate of drug-likeness (QED) is 0.387. The molecule has 0 radical (unpaired) electrons. The zero-order chi connectivity index (χ0) is 23.5. The average molecular weight is 443 g/mol. The molecule has 5 aliphatic carbocycles. The zero-order valence-corrected chi connectivity index (χ0v) is 22.3. The SMILES string of the molecule is CC1(C)CC[C@]2(C)CC[C@]3(C)C(=C2C1)CC[C@@H]1[C@@]2(C)C[C@H](O)[C@H](O)C(C)(C)C2CC[C@]13C. The van der Waals surface area contributed by atoms with Gasteiger partial charge in [-0.3, -0.25) is 0 Å². The lowest BCUT2D eigenvalue weighted by molar-refractivity contribution is -0.233. The van der Waals surface area contributed by atoms with Crippen molar-refractivity contribution >= 4 is 0 Å².